The number of aliphatic hydroxyl groups excluding tert-OH is 1. The fraction of sp³-hybridized carbons (Fsp3) is 0.676. The van der Waals surface area contributed by atoms with Crippen molar-refractivity contribution in [1.29, 1.82) is 0 Å². The Bertz CT molecular complexity index is 1350. The van der Waals surface area contributed by atoms with Crippen LogP contribution in [0.25, 0.3) is 0 Å². The van der Waals surface area contributed by atoms with E-state index in [2.05, 4.69) is 73.5 Å². The number of ketones is 2. The molecule has 0 fully saturated rings. The minimum Gasteiger partial charge on any atom is -0.389 e. The number of aliphatic hydroxyl groups is 1. The van der Waals surface area contributed by atoms with Crippen molar-refractivity contribution < 1.29 is 14.7 Å². The van der Waals surface area contributed by atoms with Crippen molar-refractivity contribution in [2.24, 2.45) is 27.6 Å². The van der Waals surface area contributed by atoms with Gasteiger partial charge in [-0.15, -0.1) is 0 Å². The predicted octanol–water partition coefficient (Wildman–Crippen LogP) is 8.21. The van der Waals surface area contributed by atoms with Gasteiger partial charge in [0.25, 0.3) is 0 Å². The molecule has 226 valence electrons. The van der Waals surface area contributed by atoms with Crippen LogP contribution >= 0.6 is 0 Å². The van der Waals surface area contributed by atoms with Crippen molar-refractivity contribution >= 4 is 17.3 Å². The number of Topliss-reactive ketones (excluding diaryl/α,β-unsaturated/α-hetero) is 2. The second kappa shape index (κ2) is 10.2. The second-order valence-corrected chi connectivity index (χ2v) is 15.7. The van der Waals surface area contributed by atoms with Gasteiger partial charge in [-0.05, 0) is 106 Å². The fourth-order valence-corrected chi connectivity index (χ4v) is 9.37. The molecule has 3 aliphatic rings. The monoisotopic (exact) mass is 561 g/mol. The minimum atomic E-state index is -0.822. The highest BCUT2D eigenvalue weighted by molar-refractivity contribution is 6.16. The average Bonchev–Trinajstić information content (AvgIpc) is 2.81. The van der Waals surface area contributed by atoms with E-state index in [1.54, 1.807) is 6.92 Å². The van der Waals surface area contributed by atoms with E-state index < -0.39 is 11.5 Å². The molecule has 0 bridgehead atoms. The number of benzene rings is 1. The Morgan fingerprint density at radius 3 is 2.17 bits per heavy atom. The van der Waals surface area contributed by atoms with Crippen LogP contribution < -0.4 is 4.90 Å². The van der Waals surface area contributed by atoms with Crippen LogP contribution in [0.1, 0.15) is 122 Å². The summed E-state index contributed by atoms with van der Waals surface area (Å²) >= 11 is 0. The summed E-state index contributed by atoms with van der Waals surface area (Å²) in [5.74, 6) is 0.715. The topological polar surface area (TPSA) is 57.6 Å². The molecule has 3 aliphatic carbocycles. The van der Waals surface area contributed by atoms with Crippen LogP contribution in [-0.4, -0.2) is 36.9 Å². The lowest BCUT2D eigenvalue weighted by molar-refractivity contribution is -0.133. The van der Waals surface area contributed by atoms with Crippen molar-refractivity contribution in [2.45, 2.75) is 121 Å². The van der Waals surface area contributed by atoms with Gasteiger partial charge >= 0.3 is 0 Å². The molecule has 0 saturated heterocycles. The van der Waals surface area contributed by atoms with Crippen LogP contribution in [-0.2, 0) is 17.6 Å². The summed E-state index contributed by atoms with van der Waals surface area (Å²) in [5, 5.41) is 10.6. The van der Waals surface area contributed by atoms with Gasteiger partial charge in [-0.2, -0.15) is 0 Å². The van der Waals surface area contributed by atoms with Gasteiger partial charge in [0, 0.05) is 41.9 Å². The number of carbonyl (C=O) groups excluding carboxylic acids is 2. The zero-order chi connectivity index (χ0) is 31.0. The first kappa shape index (κ1) is 31.7. The van der Waals surface area contributed by atoms with Crippen molar-refractivity contribution in [3.8, 4) is 0 Å². The summed E-state index contributed by atoms with van der Waals surface area (Å²) in [4.78, 5) is 31.2. The third-order valence-electron chi connectivity index (χ3n) is 11.7. The molecule has 4 nitrogen and oxygen atoms in total. The Hall–Kier alpha value is -2.20. The smallest absolute Gasteiger partial charge is 0.190 e. The molecule has 0 saturated carbocycles. The maximum atomic E-state index is 14.8. The van der Waals surface area contributed by atoms with Crippen LogP contribution in [0.4, 0.5) is 5.69 Å². The number of anilines is 1. The number of hydrogen-bond donors (Lipinski definition) is 1. The van der Waals surface area contributed by atoms with Gasteiger partial charge in [0.15, 0.2) is 11.6 Å². The fourth-order valence-electron chi connectivity index (χ4n) is 9.37. The van der Waals surface area contributed by atoms with Crippen LogP contribution in [0.5, 0.6) is 0 Å². The first-order chi connectivity index (χ1) is 18.7. The van der Waals surface area contributed by atoms with Crippen molar-refractivity contribution in [2.75, 3.05) is 19.0 Å². The Kier molecular flexibility index (Phi) is 7.90. The zero-order valence-electron chi connectivity index (χ0n) is 28.2. The Labute approximate surface area is 249 Å². The highest BCUT2D eigenvalue weighted by Gasteiger charge is 2.63. The van der Waals surface area contributed by atoms with E-state index in [0.29, 0.717) is 11.5 Å². The lowest BCUT2D eigenvalue weighted by atomic mass is 9.42. The van der Waals surface area contributed by atoms with Gasteiger partial charge in [-0.3, -0.25) is 9.59 Å². The van der Waals surface area contributed by atoms with Gasteiger partial charge in [-0.25, -0.2) is 0 Å². The summed E-state index contributed by atoms with van der Waals surface area (Å²) in [6, 6.07) is 2.35. The summed E-state index contributed by atoms with van der Waals surface area (Å²) in [7, 11) is 4.18. The quantitative estimate of drug-likeness (QED) is 0.380. The third-order valence-corrected chi connectivity index (χ3v) is 11.7. The number of aryl methyl sites for hydroxylation is 1. The molecule has 0 spiro atoms. The van der Waals surface area contributed by atoms with E-state index in [1.165, 1.54) is 5.56 Å². The van der Waals surface area contributed by atoms with E-state index in [0.717, 1.165) is 77.6 Å². The normalized spacial score (nSPS) is 29.7. The highest BCUT2D eigenvalue weighted by atomic mass is 16.3. The van der Waals surface area contributed by atoms with E-state index in [9.17, 15) is 14.7 Å². The zero-order valence-corrected chi connectivity index (χ0v) is 28.2. The summed E-state index contributed by atoms with van der Waals surface area (Å²) in [6.07, 6.45) is 4.69. The molecule has 0 aliphatic heterocycles. The molecule has 5 atom stereocenters. The van der Waals surface area contributed by atoms with E-state index in [-0.39, 0.29) is 27.8 Å². The minimum absolute atomic E-state index is 0.00311. The molecule has 1 aromatic carbocycles. The maximum absolute atomic E-state index is 14.8. The van der Waals surface area contributed by atoms with E-state index >= 15 is 0 Å². The molecular weight excluding hydrogens is 506 g/mol. The molecule has 1 N–H and O–H groups in total. The van der Waals surface area contributed by atoms with Crippen molar-refractivity contribution in [3.05, 3.63) is 50.6 Å². The van der Waals surface area contributed by atoms with Gasteiger partial charge in [-0.1, -0.05) is 59.1 Å². The summed E-state index contributed by atoms with van der Waals surface area (Å²) in [6.45, 7) is 23.7. The molecule has 4 heteroatoms. The molecule has 41 heavy (non-hydrogen) atoms. The van der Waals surface area contributed by atoms with Crippen molar-refractivity contribution in [3.63, 3.8) is 0 Å². The molecule has 0 radical (unpaired) electrons. The lowest BCUT2D eigenvalue weighted by Crippen LogP contribution is -2.57. The number of nitrogens with zero attached hydrogens (tertiary/aromatic N) is 1. The number of carbonyl (C=O) groups is 2. The molecule has 1 aromatic rings. The molecule has 0 heterocycles. The van der Waals surface area contributed by atoms with Crippen molar-refractivity contribution in [1.82, 2.24) is 0 Å². The number of allylic oxidation sites excluding steroid dienone is 3. The largest absolute Gasteiger partial charge is 0.389 e. The highest BCUT2D eigenvalue weighted by Crippen LogP contribution is 2.66. The standard InChI is InChI=1S/C37H55NO3/c1-14-26(34(6,7)8)16-15-25-17-28(38(12)13)27-19-35(9)20-36(10)18-21(2)29(24(5)39)33(41)37(36,11)23(4)31(35)32(40)30(27)22(25)3/h17,24,26,39H,14-16,18-20H2,1-13H3. The second-order valence-electron chi connectivity index (χ2n) is 15.7. The average molecular weight is 562 g/mol. The van der Waals surface area contributed by atoms with Gasteiger partial charge in [0.2, 0.25) is 0 Å². The first-order valence-electron chi connectivity index (χ1n) is 15.8. The number of hydrogen-bond acceptors (Lipinski definition) is 4. The molecular formula is C37H55NO3. The van der Waals surface area contributed by atoms with Crippen LogP contribution in [0, 0.1) is 34.5 Å². The van der Waals surface area contributed by atoms with Crippen LogP contribution in [0.15, 0.2) is 28.4 Å². The maximum Gasteiger partial charge on any atom is 0.190 e. The van der Waals surface area contributed by atoms with E-state index in [1.807, 2.05) is 20.8 Å². The summed E-state index contributed by atoms with van der Waals surface area (Å²) < 4.78 is 0. The SMILES string of the molecule is CCC(CCc1cc(N(C)C)c2c(c1C)C(=O)C1=C(C)C3(C)C(=O)C(C(C)O)=C(C)CC3(C)CC1(C)C2)C(C)(C)C. The number of fused-ring (bicyclic) bond motifs is 3. The third kappa shape index (κ3) is 4.67. The predicted molar refractivity (Wildman–Crippen MR) is 171 cm³/mol. The molecule has 5 unspecified atom stereocenters. The van der Waals surface area contributed by atoms with Crippen LogP contribution in [0.2, 0.25) is 0 Å². The summed E-state index contributed by atoms with van der Waals surface area (Å²) in [5.41, 5.74) is 7.56. The van der Waals surface area contributed by atoms with E-state index in [4.69, 9.17) is 0 Å². The Balaban J connectivity index is 1.92. The van der Waals surface area contributed by atoms with Gasteiger partial charge < -0.3 is 10.0 Å². The van der Waals surface area contributed by atoms with Gasteiger partial charge in [0.1, 0.15) is 0 Å². The first-order valence-corrected chi connectivity index (χ1v) is 15.8. The Morgan fingerprint density at radius 2 is 1.66 bits per heavy atom. The molecule has 0 aromatic heterocycles. The molecule has 0 amide bonds. The van der Waals surface area contributed by atoms with Gasteiger partial charge in [0.05, 0.1) is 11.5 Å². The Morgan fingerprint density at radius 1 is 1.05 bits per heavy atom. The van der Waals surface area contributed by atoms with Crippen LogP contribution in [0.3, 0.4) is 0 Å². The number of rotatable bonds is 6. The lowest BCUT2D eigenvalue weighted by Gasteiger charge is -2.59. The molecule has 4 rings (SSSR count).